The zero-order valence-electron chi connectivity index (χ0n) is 9.43. The normalized spacial score (nSPS) is 23.3. The molecule has 0 radical (unpaired) electrons. The van der Waals surface area contributed by atoms with Gasteiger partial charge in [0, 0.05) is 5.92 Å². The van der Waals surface area contributed by atoms with Crippen LogP contribution in [0.25, 0.3) is 5.57 Å². The molecule has 3 aliphatic carbocycles. The Bertz CT molecular complexity index is 648. The van der Waals surface area contributed by atoms with Crippen molar-refractivity contribution in [3.05, 3.63) is 89.1 Å². The van der Waals surface area contributed by atoms with Crippen LogP contribution in [0.2, 0.25) is 0 Å². The highest BCUT2D eigenvalue weighted by Crippen LogP contribution is 2.46. The maximum absolute atomic E-state index is 2.30. The molecule has 4 rings (SSSR count). The Morgan fingerprint density at radius 1 is 0.882 bits per heavy atom. The van der Waals surface area contributed by atoms with Crippen LogP contribution < -0.4 is 0 Å². The number of hydrogen-bond donors (Lipinski definition) is 0. The van der Waals surface area contributed by atoms with E-state index >= 15 is 0 Å². The van der Waals surface area contributed by atoms with Crippen molar-refractivity contribution in [1.82, 2.24) is 0 Å². The highest BCUT2D eigenvalue weighted by atomic mass is 14.3. The van der Waals surface area contributed by atoms with Gasteiger partial charge in [-0.1, -0.05) is 66.8 Å². The Balaban J connectivity index is 2.07. The van der Waals surface area contributed by atoms with Gasteiger partial charge in [0.1, 0.15) is 0 Å². The average Bonchev–Trinajstić information content (AvgIpc) is 2.89. The molecular weight excluding hydrogens is 204 g/mol. The Hall–Kier alpha value is -2.08. The summed E-state index contributed by atoms with van der Waals surface area (Å²) in [6.45, 7) is 0. The molecule has 1 aromatic rings. The van der Waals surface area contributed by atoms with Gasteiger partial charge in [-0.2, -0.15) is 0 Å². The smallest absolute Gasteiger partial charge is 0.0284 e. The van der Waals surface area contributed by atoms with Crippen LogP contribution >= 0.6 is 0 Å². The zero-order chi connectivity index (χ0) is 11.2. The van der Waals surface area contributed by atoms with Crippen molar-refractivity contribution in [2.24, 2.45) is 0 Å². The summed E-state index contributed by atoms with van der Waals surface area (Å²) in [6.07, 6.45) is 15.4. The summed E-state index contributed by atoms with van der Waals surface area (Å²) in [7, 11) is 0. The van der Waals surface area contributed by atoms with Crippen molar-refractivity contribution in [3.8, 4) is 0 Å². The maximum atomic E-state index is 2.30. The van der Waals surface area contributed by atoms with Crippen LogP contribution in [0.1, 0.15) is 17.0 Å². The number of hydrogen-bond acceptors (Lipinski definition) is 0. The third-order valence-corrected chi connectivity index (χ3v) is 3.74. The molecule has 0 aromatic heterocycles. The number of rotatable bonds is 0. The van der Waals surface area contributed by atoms with Gasteiger partial charge in [-0.3, -0.25) is 0 Å². The largest absolute Gasteiger partial charge is 0.0726 e. The average molecular weight is 216 g/mol. The monoisotopic (exact) mass is 216 g/mol. The molecule has 1 unspecified atom stereocenters. The van der Waals surface area contributed by atoms with Gasteiger partial charge in [0.2, 0.25) is 0 Å². The lowest BCUT2D eigenvalue weighted by molar-refractivity contribution is 0.986. The predicted octanol–water partition coefficient (Wildman–Crippen LogP) is 4.16. The van der Waals surface area contributed by atoms with Crippen molar-refractivity contribution in [2.75, 3.05) is 0 Å². The summed E-state index contributed by atoms with van der Waals surface area (Å²) in [4.78, 5) is 0. The summed E-state index contributed by atoms with van der Waals surface area (Å²) in [6, 6.07) is 8.75. The van der Waals surface area contributed by atoms with Crippen molar-refractivity contribution in [3.63, 3.8) is 0 Å². The first-order chi connectivity index (χ1) is 8.45. The molecule has 0 aliphatic heterocycles. The molecule has 17 heavy (non-hydrogen) atoms. The predicted molar refractivity (Wildman–Crippen MR) is 71.6 cm³/mol. The fourth-order valence-corrected chi connectivity index (χ4v) is 2.99. The standard InChI is InChI=1S/C17H12/c1-3-8-14-12(6-1)13-7-2-4-9-15(13)17-11-5-10-16(14)17/h1-12H. The molecule has 0 nitrogen and oxygen atoms in total. The summed E-state index contributed by atoms with van der Waals surface area (Å²) < 4.78 is 0. The third-order valence-electron chi connectivity index (χ3n) is 3.74. The Labute approximate surface area is 101 Å². The summed E-state index contributed by atoms with van der Waals surface area (Å²) in [5.41, 5.74) is 7.04. The topological polar surface area (TPSA) is 0 Å². The van der Waals surface area contributed by atoms with Gasteiger partial charge >= 0.3 is 0 Å². The van der Waals surface area contributed by atoms with E-state index in [1.165, 1.54) is 27.8 Å². The third kappa shape index (κ3) is 1.13. The molecule has 0 heterocycles. The molecule has 0 spiro atoms. The lowest BCUT2D eigenvalue weighted by atomic mass is 9.75. The molecular formula is C17H12. The molecule has 0 amide bonds. The van der Waals surface area contributed by atoms with Crippen LogP contribution in [0.5, 0.6) is 0 Å². The molecule has 1 atom stereocenters. The Morgan fingerprint density at radius 3 is 2.82 bits per heavy atom. The highest BCUT2D eigenvalue weighted by molar-refractivity contribution is 5.92. The van der Waals surface area contributed by atoms with Crippen LogP contribution in [-0.2, 0) is 0 Å². The SMILES string of the molecule is C1=CC2=C3C=CC=CC3c3ccccc3C2=C1. The van der Waals surface area contributed by atoms with E-state index in [1.54, 1.807) is 0 Å². The van der Waals surface area contributed by atoms with Crippen molar-refractivity contribution in [1.29, 1.82) is 0 Å². The van der Waals surface area contributed by atoms with Gasteiger partial charge in [-0.15, -0.1) is 0 Å². The van der Waals surface area contributed by atoms with E-state index in [2.05, 4.69) is 66.8 Å². The molecule has 0 heteroatoms. The second kappa shape index (κ2) is 3.21. The number of benzene rings is 1. The van der Waals surface area contributed by atoms with Gasteiger partial charge in [-0.05, 0) is 27.8 Å². The molecule has 80 valence electrons. The van der Waals surface area contributed by atoms with E-state index in [1.807, 2.05) is 0 Å². The number of allylic oxidation sites excluding steroid dienone is 10. The van der Waals surface area contributed by atoms with Crippen LogP contribution in [0.4, 0.5) is 0 Å². The molecule has 0 saturated heterocycles. The van der Waals surface area contributed by atoms with Gasteiger partial charge < -0.3 is 0 Å². The van der Waals surface area contributed by atoms with Crippen molar-refractivity contribution >= 4 is 5.57 Å². The van der Waals surface area contributed by atoms with Crippen LogP contribution in [0.3, 0.4) is 0 Å². The summed E-state index contributed by atoms with van der Waals surface area (Å²) in [5, 5.41) is 0. The molecule has 0 N–H and O–H groups in total. The minimum atomic E-state index is 0.436. The van der Waals surface area contributed by atoms with Crippen LogP contribution in [0, 0.1) is 0 Å². The Morgan fingerprint density at radius 2 is 1.82 bits per heavy atom. The quantitative estimate of drug-likeness (QED) is 0.611. The highest BCUT2D eigenvalue weighted by Gasteiger charge is 2.28. The molecule has 3 aliphatic rings. The first kappa shape index (κ1) is 9.00. The van der Waals surface area contributed by atoms with Gasteiger partial charge in [0.25, 0.3) is 0 Å². The maximum Gasteiger partial charge on any atom is 0.0284 e. The summed E-state index contributed by atoms with van der Waals surface area (Å²) >= 11 is 0. The fourth-order valence-electron chi connectivity index (χ4n) is 2.99. The van der Waals surface area contributed by atoms with Crippen LogP contribution in [0.15, 0.2) is 77.9 Å². The van der Waals surface area contributed by atoms with Crippen molar-refractivity contribution < 1.29 is 0 Å². The summed E-state index contributed by atoms with van der Waals surface area (Å²) in [5.74, 6) is 0.436. The first-order valence-corrected chi connectivity index (χ1v) is 6.02. The van der Waals surface area contributed by atoms with E-state index in [9.17, 15) is 0 Å². The van der Waals surface area contributed by atoms with Gasteiger partial charge in [0.15, 0.2) is 0 Å². The first-order valence-electron chi connectivity index (χ1n) is 6.02. The minimum absolute atomic E-state index is 0.436. The lowest BCUT2D eigenvalue weighted by Crippen LogP contribution is -2.11. The second-order valence-electron chi connectivity index (χ2n) is 4.62. The van der Waals surface area contributed by atoms with Crippen LogP contribution in [-0.4, -0.2) is 0 Å². The van der Waals surface area contributed by atoms with Gasteiger partial charge in [0.05, 0.1) is 0 Å². The molecule has 0 bridgehead atoms. The fraction of sp³-hybridized carbons (Fsp3) is 0.0588. The van der Waals surface area contributed by atoms with Gasteiger partial charge in [-0.25, -0.2) is 0 Å². The van der Waals surface area contributed by atoms with E-state index in [0.29, 0.717) is 5.92 Å². The number of fused-ring (bicyclic) bond motifs is 5. The molecule has 1 aromatic carbocycles. The molecule has 0 fully saturated rings. The van der Waals surface area contributed by atoms with E-state index < -0.39 is 0 Å². The lowest BCUT2D eigenvalue weighted by Gasteiger charge is -2.28. The van der Waals surface area contributed by atoms with Crippen molar-refractivity contribution in [2.45, 2.75) is 5.92 Å². The van der Waals surface area contributed by atoms with E-state index in [4.69, 9.17) is 0 Å². The molecule has 0 saturated carbocycles. The van der Waals surface area contributed by atoms with E-state index in [0.717, 1.165) is 0 Å². The Kier molecular flexibility index (Phi) is 1.70. The minimum Gasteiger partial charge on any atom is -0.0726 e. The second-order valence-corrected chi connectivity index (χ2v) is 4.62. The van der Waals surface area contributed by atoms with E-state index in [-0.39, 0.29) is 0 Å². The zero-order valence-corrected chi connectivity index (χ0v) is 9.43.